The second-order valence-corrected chi connectivity index (χ2v) is 3.98. The highest BCUT2D eigenvalue weighted by Crippen LogP contribution is 1.99. The van der Waals surface area contributed by atoms with Crippen LogP contribution in [0.5, 0.6) is 0 Å². The van der Waals surface area contributed by atoms with Crippen LogP contribution in [0.25, 0.3) is 0 Å². The number of nitrogens with zero attached hydrogens (tertiary/aromatic N) is 2. The minimum absolute atomic E-state index is 0.135. The molecule has 0 radical (unpaired) electrons. The zero-order valence-corrected chi connectivity index (χ0v) is 10.6. The Morgan fingerprint density at radius 1 is 1.33 bits per heavy atom. The number of rotatable bonds is 4. The van der Waals surface area contributed by atoms with Crippen LogP contribution < -0.4 is 16.7 Å². The van der Waals surface area contributed by atoms with Crippen molar-refractivity contribution in [1.29, 1.82) is 0 Å². The van der Waals surface area contributed by atoms with E-state index in [4.69, 9.17) is 0 Å². The standard InChI is InChI=1S/C12H10FN5O3/c13-8-3-1-7(2-4-8)6-14-17-10(19)5-9-11(20)15-12(21)18-16-9/h1-4,6H,5H2,(H,17,19)(H2,15,18,20,21)/b14-6-. The largest absolute Gasteiger partial charge is 0.342 e. The number of amides is 1. The quantitative estimate of drug-likeness (QED) is 0.509. The number of aromatic amines is 2. The maximum Gasteiger partial charge on any atom is 0.342 e. The Morgan fingerprint density at radius 3 is 2.71 bits per heavy atom. The summed E-state index contributed by atoms with van der Waals surface area (Å²) in [6, 6.07) is 5.48. The summed E-state index contributed by atoms with van der Waals surface area (Å²) in [5.41, 5.74) is 1.16. The van der Waals surface area contributed by atoms with Gasteiger partial charge in [0.05, 0.1) is 12.6 Å². The molecule has 0 aliphatic carbocycles. The van der Waals surface area contributed by atoms with Gasteiger partial charge in [-0.3, -0.25) is 14.6 Å². The first-order chi connectivity index (χ1) is 10.0. The highest BCUT2D eigenvalue weighted by atomic mass is 19.1. The molecule has 108 valence electrons. The highest BCUT2D eigenvalue weighted by molar-refractivity contribution is 5.82. The molecule has 0 unspecified atom stereocenters. The van der Waals surface area contributed by atoms with E-state index in [2.05, 4.69) is 15.6 Å². The molecule has 1 aromatic heterocycles. The van der Waals surface area contributed by atoms with E-state index in [9.17, 15) is 18.8 Å². The number of aromatic nitrogens is 3. The minimum Gasteiger partial charge on any atom is -0.273 e. The zero-order chi connectivity index (χ0) is 15.2. The number of hydrogen-bond acceptors (Lipinski definition) is 5. The number of carbonyl (C=O) groups excluding carboxylic acids is 1. The molecule has 8 nitrogen and oxygen atoms in total. The Morgan fingerprint density at radius 2 is 2.05 bits per heavy atom. The first kappa shape index (κ1) is 14.3. The maximum atomic E-state index is 12.7. The molecular weight excluding hydrogens is 281 g/mol. The average molecular weight is 291 g/mol. The van der Waals surface area contributed by atoms with Crippen LogP contribution in [0, 0.1) is 5.82 Å². The smallest absolute Gasteiger partial charge is 0.273 e. The van der Waals surface area contributed by atoms with Crippen LogP contribution >= 0.6 is 0 Å². The van der Waals surface area contributed by atoms with Gasteiger partial charge >= 0.3 is 5.69 Å². The molecule has 21 heavy (non-hydrogen) atoms. The molecule has 2 aromatic rings. The number of halogens is 1. The van der Waals surface area contributed by atoms with Gasteiger partial charge in [0.25, 0.3) is 5.56 Å². The summed E-state index contributed by atoms with van der Waals surface area (Å²) in [5.74, 6) is -0.960. The molecule has 0 fully saturated rings. The summed E-state index contributed by atoms with van der Waals surface area (Å²) in [7, 11) is 0. The zero-order valence-electron chi connectivity index (χ0n) is 10.6. The number of hydrazone groups is 1. The van der Waals surface area contributed by atoms with Crippen molar-refractivity contribution in [3.63, 3.8) is 0 Å². The van der Waals surface area contributed by atoms with E-state index in [0.29, 0.717) is 5.56 Å². The third-order valence-corrected chi connectivity index (χ3v) is 2.38. The molecule has 9 heteroatoms. The van der Waals surface area contributed by atoms with Crippen molar-refractivity contribution in [1.82, 2.24) is 20.6 Å². The van der Waals surface area contributed by atoms with Gasteiger partial charge in [-0.05, 0) is 17.7 Å². The van der Waals surface area contributed by atoms with Crippen LogP contribution in [0.3, 0.4) is 0 Å². The fraction of sp³-hybridized carbons (Fsp3) is 0.0833. The van der Waals surface area contributed by atoms with Crippen molar-refractivity contribution < 1.29 is 9.18 Å². The van der Waals surface area contributed by atoms with E-state index in [0.717, 1.165) is 0 Å². The number of hydrogen-bond donors (Lipinski definition) is 3. The molecule has 0 saturated heterocycles. The number of nitrogens with one attached hydrogen (secondary N) is 3. The summed E-state index contributed by atoms with van der Waals surface area (Å²) < 4.78 is 12.7. The Labute approximate surface area is 116 Å². The van der Waals surface area contributed by atoms with Gasteiger partial charge in [-0.25, -0.2) is 19.7 Å². The maximum absolute atomic E-state index is 12.7. The lowest BCUT2D eigenvalue weighted by atomic mass is 10.2. The molecule has 3 N–H and O–H groups in total. The van der Waals surface area contributed by atoms with E-state index in [1.54, 1.807) is 0 Å². The minimum atomic E-state index is -0.751. The summed E-state index contributed by atoms with van der Waals surface area (Å²) in [5, 5.41) is 9.13. The predicted molar refractivity (Wildman–Crippen MR) is 71.3 cm³/mol. The van der Waals surface area contributed by atoms with Gasteiger partial charge < -0.3 is 0 Å². The van der Waals surface area contributed by atoms with Crippen molar-refractivity contribution in [2.45, 2.75) is 6.42 Å². The summed E-state index contributed by atoms with van der Waals surface area (Å²) >= 11 is 0. The summed E-state index contributed by atoms with van der Waals surface area (Å²) in [6.45, 7) is 0. The SMILES string of the molecule is O=C(Cc1n[nH]c(=O)[nH]c1=O)N/N=C\c1ccc(F)cc1. The lowest BCUT2D eigenvalue weighted by Crippen LogP contribution is -2.31. The predicted octanol–water partition coefficient (Wildman–Crippen LogP) is -0.710. The number of benzene rings is 1. The van der Waals surface area contributed by atoms with Crippen molar-refractivity contribution in [2.75, 3.05) is 0 Å². The second-order valence-electron chi connectivity index (χ2n) is 3.98. The normalized spacial score (nSPS) is 10.7. The van der Waals surface area contributed by atoms with E-state index in [-0.39, 0.29) is 17.9 Å². The average Bonchev–Trinajstić information content (AvgIpc) is 2.44. The van der Waals surface area contributed by atoms with E-state index >= 15 is 0 Å². The molecule has 0 saturated carbocycles. The second kappa shape index (κ2) is 6.37. The van der Waals surface area contributed by atoms with Crippen LogP contribution in [0.15, 0.2) is 39.0 Å². The molecule has 1 aromatic carbocycles. The summed E-state index contributed by atoms with van der Waals surface area (Å²) in [4.78, 5) is 35.5. The first-order valence-corrected chi connectivity index (χ1v) is 5.80. The van der Waals surface area contributed by atoms with Crippen LogP contribution in [0.4, 0.5) is 4.39 Å². The van der Waals surface area contributed by atoms with E-state index in [1.807, 2.05) is 10.1 Å². The topological polar surface area (TPSA) is 120 Å². The molecular formula is C12H10FN5O3. The summed E-state index contributed by atoms with van der Waals surface area (Å²) in [6.07, 6.45) is 0.981. The van der Waals surface area contributed by atoms with Crippen molar-refractivity contribution in [3.05, 3.63) is 62.2 Å². The van der Waals surface area contributed by atoms with E-state index < -0.39 is 17.2 Å². The lowest BCUT2D eigenvalue weighted by molar-refractivity contribution is -0.120. The van der Waals surface area contributed by atoms with Crippen molar-refractivity contribution in [2.24, 2.45) is 5.10 Å². The molecule has 0 aliphatic rings. The van der Waals surface area contributed by atoms with Gasteiger partial charge in [0.2, 0.25) is 5.91 Å². The molecule has 0 spiro atoms. The van der Waals surface area contributed by atoms with Gasteiger partial charge in [-0.2, -0.15) is 10.2 Å². The van der Waals surface area contributed by atoms with Crippen LogP contribution in [-0.2, 0) is 11.2 Å². The van der Waals surface area contributed by atoms with Crippen molar-refractivity contribution in [3.8, 4) is 0 Å². The van der Waals surface area contributed by atoms with Gasteiger partial charge in [0, 0.05) is 0 Å². The monoisotopic (exact) mass is 291 g/mol. The van der Waals surface area contributed by atoms with Gasteiger partial charge in [0.1, 0.15) is 11.5 Å². The van der Waals surface area contributed by atoms with Crippen LogP contribution in [0.1, 0.15) is 11.3 Å². The number of H-pyrrole nitrogens is 2. The van der Waals surface area contributed by atoms with Gasteiger partial charge in [-0.15, -0.1) is 0 Å². The third kappa shape index (κ3) is 4.20. The molecule has 1 heterocycles. The van der Waals surface area contributed by atoms with Gasteiger partial charge in [-0.1, -0.05) is 12.1 Å². The lowest BCUT2D eigenvalue weighted by Gasteiger charge is -1.98. The fourth-order valence-corrected chi connectivity index (χ4v) is 1.41. The molecule has 1 amide bonds. The molecule has 0 aliphatic heterocycles. The molecule has 0 atom stereocenters. The Hall–Kier alpha value is -3.10. The highest BCUT2D eigenvalue weighted by Gasteiger charge is 2.08. The van der Waals surface area contributed by atoms with Crippen LogP contribution in [-0.4, -0.2) is 27.3 Å². The molecule has 2 rings (SSSR count). The Kier molecular flexibility index (Phi) is 4.34. The number of carbonyl (C=O) groups is 1. The van der Waals surface area contributed by atoms with Crippen LogP contribution in [0.2, 0.25) is 0 Å². The van der Waals surface area contributed by atoms with Gasteiger partial charge in [0.15, 0.2) is 0 Å². The fourth-order valence-electron chi connectivity index (χ4n) is 1.41. The van der Waals surface area contributed by atoms with E-state index in [1.165, 1.54) is 30.5 Å². The Balaban J connectivity index is 1.94. The third-order valence-electron chi connectivity index (χ3n) is 2.38. The molecule has 0 bridgehead atoms. The van der Waals surface area contributed by atoms with Crippen molar-refractivity contribution >= 4 is 12.1 Å². The first-order valence-electron chi connectivity index (χ1n) is 5.80. The Bertz CT molecular complexity index is 778.